The average Bonchev–Trinajstić information content (AvgIpc) is 3.37. The van der Waals surface area contributed by atoms with Crippen LogP contribution in [0.5, 0.6) is 11.6 Å². The quantitative estimate of drug-likeness (QED) is 0.721. The van der Waals surface area contributed by atoms with Crippen molar-refractivity contribution in [3.8, 4) is 22.9 Å². The summed E-state index contributed by atoms with van der Waals surface area (Å²) in [5.74, 6) is 1.28. The van der Waals surface area contributed by atoms with Crippen molar-refractivity contribution in [3.63, 3.8) is 0 Å². The lowest BCUT2D eigenvalue weighted by atomic mass is 10.2. The fraction of sp³-hybridized carbons (Fsp3) is 0.278. The molecule has 1 amide bonds. The minimum Gasteiger partial charge on any atom is -0.497 e. The summed E-state index contributed by atoms with van der Waals surface area (Å²) in [7, 11) is 1.65. The number of nitrogens with one attached hydrogen (secondary N) is 1. The van der Waals surface area contributed by atoms with Crippen LogP contribution >= 0.6 is 11.3 Å². The number of fused-ring (bicyclic) bond motifs is 1. The zero-order valence-corrected chi connectivity index (χ0v) is 15.1. The molecule has 134 valence electrons. The van der Waals surface area contributed by atoms with Gasteiger partial charge in [-0.05, 0) is 24.3 Å². The van der Waals surface area contributed by atoms with E-state index in [0.29, 0.717) is 37.7 Å². The van der Waals surface area contributed by atoms with Crippen LogP contribution < -0.4 is 14.8 Å². The van der Waals surface area contributed by atoms with Gasteiger partial charge in [0.2, 0.25) is 5.88 Å². The molecule has 0 atom stereocenters. The van der Waals surface area contributed by atoms with Crippen LogP contribution in [0.15, 0.2) is 35.7 Å². The maximum Gasteiger partial charge on any atom is 0.271 e. The SMILES string of the molecule is COc1ccc(-c2csc(CCNC(=O)c3cc4n(n3)CCO4)n2)cc1. The lowest BCUT2D eigenvalue weighted by Gasteiger charge is -2.02. The van der Waals surface area contributed by atoms with Crippen LogP contribution in [0.4, 0.5) is 0 Å². The molecule has 3 aromatic rings. The first-order valence-electron chi connectivity index (χ1n) is 8.30. The van der Waals surface area contributed by atoms with E-state index >= 15 is 0 Å². The van der Waals surface area contributed by atoms with Crippen molar-refractivity contribution in [3.05, 3.63) is 46.4 Å². The van der Waals surface area contributed by atoms with Gasteiger partial charge in [-0.2, -0.15) is 5.10 Å². The number of thiazole rings is 1. The van der Waals surface area contributed by atoms with Crippen LogP contribution in [0.25, 0.3) is 11.3 Å². The number of nitrogens with zero attached hydrogens (tertiary/aromatic N) is 3. The molecule has 0 unspecified atom stereocenters. The molecular weight excluding hydrogens is 352 g/mol. The van der Waals surface area contributed by atoms with Crippen molar-refractivity contribution in [2.75, 3.05) is 20.3 Å². The van der Waals surface area contributed by atoms with Gasteiger partial charge in [0.15, 0.2) is 5.69 Å². The molecule has 8 heteroatoms. The Morgan fingerprint density at radius 1 is 1.38 bits per heavy atom. The van der Waals surface area contributed by atoms with Crippen molar-refractivity contribution in [1.29, 1.82) is 0 Å². The lowest BCUT2D eigenvalue weighted by Crippen LogP contribution is -2.26. The first-order valence-corrected chi connectivity index (χ1v) is 9.18. The molecule has 0 spiro atoms. The average molecular weight is 370 g/mol. The van der Waals surface area contributed by atoms with Gasteiger partial charge in [0.25, 0.3) is 5.91 Å². The maximum atomic E-state index is 12.2. The third kappa shape index (κ3) is 3.41. The first-order chi connectivity index (χ1) is 12.7. The Kier molecular flexibility index (Phi) is 4.57. The largest absolute Gasteiger partial charge is 0.497 e. The molecular formula is C18H18N4O3S. The second-order valence-electron chi connectivity index (χ2n) is 5.80. The number of carbonyl (C=O) groups excluding carboxylic acids is 1. The lowest BCUT2D eigenvalue weighted by molar-refractivity contribution is 0.0948. The van der Waals surface area contributed by atoms with Crippen molar-refractivity contribution in [2.24, 2.45) is 0 Å². The third-order valence-electron chi connectivity index (χ3n) is 4.09. The normalized spacial score (nSPS) is 12.5. The molecule has 4 rings (SSSR count). The predicted molar refractivity (Wildman–Crippen MR) is 97.9 cm³/mol. The molecule has 0 saturated heterocycles. The van der Waals surface area contributed by atoms with Crippen LogP contribution in [-0.2, 0) is 13.0 Å². The number of hydrogen-bond donors (Lipinski definition) is 1. The van der Waals surface area contributed by atoms with Gasteiger partial charge < -0.3 is 14.8 Å². The number of methoxy groups -OCH3 is 1. The van der Waals surface area contributed by atoms with Gasteiger partial charge in [0, 0.05) is 30.0 Å². The van der Waals surface area contributed by atoms with Crippen LogP contribution in [-0.4, -0.2) is 40.9 Å². The highest BCUT2D eigenvalue weighted by Crippen LogP contribution is 2.24. The number of amides is 1. The molecule has 1 aliphatic heterocycles. The maximum absolute atomic E-state index is 12.2. The number of carbonyl (C=O) groups is 1. The van der Waals surface area contributed by atoms with E-state index in [1.165, 1.54) is 0 Å². The summed E-state index contributed by atoms with van der Waals surface area (Å²) in [6, 6.07) is 9.48. The van der Waals surface area contributed by atoms with Crippen LogP contribution in [0.3, 0.4) is 0 Å². The zero-order chi connectivity index (χ0) is 17.9. The van der Waals surface area contributed by atoms with Crippen LogP contribution in [0, 0.1) is 0 Å². The summed E-state index contributed by atoms with van der Waals surface area (Å²) in [6.45, 7) is 1.82. The molecule has 1 N–H and O–H groups in total. The summed E-state index contributed by atoms with van der Waals surface area (Å²) in [5, 5.41) is 10.1. The smallest absolute Gasteiger partial charge is 0.271 e. The van der Waals surface area contributed by atoms with Gasteiger partial charge >= 0.3 is 0 Å². The minimum absolute atomic E-state index is 0.192. The van der Waals surface area contributed by atoms with Gasteiger partial charge in [0.1, 0.15) is 12.4 Å². The molecule has 3 heterocycles. The number of benzene rings is 1. The van der Waals surface area contributed by atoms with E-state index in [2.05, 4.69) is 15.4 Å². The van der Waals surface area contributed by atoms with Crippen molar-refractivity contribution < 1.29 is 14.3 Å². The van der Waals surface area contributed by atoms with Gasteiger partial charge in [-0.3, -0.25) is 4.79 Å². The minimum atomic E-state index is -0.192. The molecule has 1 aromatic carbocycles. The van der Waals surface area contributed by atoms with Gasteiger partial charge in [-0.25, -0.2) is 9.67 Å². The molecule has 0 fully saturated rings. The Bertz CT molecular complexity index is 895. The number of rotatable bonds is 6. The van der Waals surface area contributed by atoms with Gasteiger partial charge in [0.05, 0.1) is 24.4 Å². The predicted octanol–water partition coefficient (Wildman–Crippen LogP) is 2.38. The molecule has 26 heavy (non-hydrogen) atoms. The van der Waals surface area contributed by atoms with Crippen molar-refractivity contribution in [2.45, 2.75) is 13.0 Å². The summed E-state index contributed by atoms with van der Waals surface area (Å²) < 4.78 is 12.2. The zero-order valence-electron chi connectivity index (χ0n) is 14.3. The van der Waals surface area contributed by atoms with E-state index in [0.717, 1.165) is 22.0 Å². The standard InChI is InChI=1S/C18H18N4O3S/c1-24-13-4-2-12(3-5-13)15-11-26-16(20-15)6-7-19-18(23)14-10-17-22(21-14)8-9-25-17/h2-5,10-11H,6-9H2,1H3,(H,19,23). The van der Waals surface area contributed by atoms with Gasteiger partial charge in [-0.15, -0.1) is 11.3 Å². The summed E-state index contributed by atoms with van der Waals surface area (Å²) >= 11 is 1.59. The second kappa shape index (κ2) is 7.17. The molecule has 1 aliphatic rings. The molecule has 0 saturated carbocycles. The topological polar surface area (TPSA) is 78.3 Å². The number of ether oxygens (including phenoxy) is 2. The van der Waals surface area contributed by atoms with Crippen LogP contribution in [0.1, 0.15) is 15.5 Å². The Balaban J connectivity index is 1.32. The van der Waals surface area contributed by atoms with E-state index in [-0.39, 0.29) is 5.91 Å². The number of hydrogen-bond acceptors (Lipinski definition) is 6. The van der Waals surface area contributed by atoms with Gasteiger partial charge in [-0.1, -0.05) is 0 Å². The van der Waals surface area contributed by atoms with E-state index in [4.69, 9.17) is 9.47 Å². The fourth-order valence-electron chi connectivity index (χ4n) is 2.72. The summed E-state index contributed by atoms with van der Waals surface area (Å²) in [4.78, 5) is 16.8. The van der Waals surface area contributed by atoms with E-state index in [1.807, 2.05) is 29.6 Å². The Hall–Kier alpha value is -2.87. The highest BCUT2D eigenvalue weighted by atomic mass is 32.1. The summed E-state index contributed by atoms with van der Waals surface area (Å²) in [5.41, 5.74) is 2.37. The summed E-state index contributed by atoms with van der Waals surface area (Å²) in [6.07, 6.45) is 0.677. The second-order valence-corrected chi connectivity index (χ2v) is 6.74. The fourth-order valence-corrected chi connectivity index (χ4v) is 3.52. The molecule has 0 radical (unpaired) electrons. The molecule has 7 nitrogen and oxygen atoms in total. The Morgan fingerprint density at radius 2 is 2.23 bits per heavy atom. The number of aromatic nitrogens is 3. The Morgan fingerprint density at radius 3 is 3.00 bits per heavy atom. The molecule has 0 bridgehead atoms. The van der Waals surface area contributed by atoms with Crippen LogP contribution in [0.2, 0.25) is 0 Å². The first kappa shape index (κ1) is 16.6. The highest BCUT2D eigenvalue weighted by Gasteiger charge is 2.18. The molecule has 2 aromatic heterocycles. The van der Waals surface area contributed by atoms with Crippen molar-refractivity contribution >= 4 is 17.2 Å². The van der Waals surface area contributed by atoms with E-state index in [9.17, 15) is 4.79 Å². The van der Waals surface area contributed by atoms with E-state index in [1.54, 1.807) is 29.2 Å². The van der Waals surface area contributed by atoms with Crippen molar-refractivity contribution in [1.82, 2.24) is 20.1 Å². The third-order valence-corrected chi connectivity index (χ3v) is 5.00. The van der Waals surface area contributed by atoms with E-state index < -0.39 is 0 Å². The molecule has 0 aliphatic carbocycles. The monoisotopic (exact) mass is 370 g/mol. The Labute approximate surface area is 154 Å². The highest BCUT2D eigenvalue weighted by molar-refractivity contribution is 7.09.